The predicted octanol–water partition coefficient (Wildman–Crippen LogP) is 3.86. The Hall–Kier alpha value is -2.03. The molecule has 0 spiro atoms. The summed E-state index contributed by atoms with van der Waals surface area (Å²) >= 11 is 0. The monoisotopic (exact) mass is 258 g/mol. The average Bonchev–Trinajstić information content (AvgIpc) is 2.42. The van der Waals surface area contributed by atoms with Crippen LogP contribution in [0.2, 0.25) is 0 Å². The second-order valence-electron chi connectivity index (χ2n) is 4.49. The minimum Gasteiger partial charge on any atom is -0.494 e. The molecule has 0 aliphatic rings. The van der Waals surface area contributed by atoms with Crippen LogP contribution in [0.25, 0.3) is 10.8 Å². The summed E-state index contributed by atoms with van der Waals surface area (Å²) < 4.78 is 10.6. The number of aryl methyl sites for hydroxylation is 1. The smallest absolute Gasteiger partial charge is 0.298 e. The first kappa shape index (κ1) is 13.4. The molecule has 19 heavy (non-hydrogen) atoms. The van der Waals surface area contributed by atoms with Crippen LogP contribution in [0, 0.1) is 6.92 Å². The number of hydrogen-bond donors (Lipinski definition) is 0. The Kier molecular flexibility index (Phi) is 4.39. The van der Waals surface area contributed by atoms with E-state index in [1.807, 2.05) is 37.3 Å². The highest BCUT2D eigenvalue weighted by Gasteiger charge is 2.05. The van der Waals surface area contributed by atoms with Crippen molar-refractivity contribution >= 4 is 17.2 Å². The Morgan fingerprint density at radius 3 is 2.79 bits per heavy atom. The van der Waals surface area contributed by atoms with Crippen molar-refractivity contribution in [3.63, 3.8) is 0 Å². The van der Waals surface area contributed by atoms with Crippen molar-refractivity contribution in [2.75, 3.05) is 6.61 Å². The maximum absolute atomic E-state index is 10.4. The van der Waals surface area contributed by atoms with Crippen LogP contribution in [-0.4, -0.2) is 13.1 Å². The van der Waals surface area contributed by atoms with Crippen molar-refractivity contribution in [1.29, 1.82) is 0 Å². The predicted molar refractivity (Wildman–Crippen MR) is 75.8 cm³/mol. The topological polar surface area (TPSA) is 35.5 Å². The largest absolute Gasteiger partial charge is 0.494 e. The van der Waals surface area contributed by atoms with Gasteiger partial charge in [0.1, 0.15) is 11.5 Å². The molecule has 0 radical (unpaired) electrons. The third kappa shape index (κ3) is 3.05. The first-order chi connectivity index (χ1) is 9.26. The lowest BCUT2D eigenvalue weighted by molar-refractivity contribution is -0.120. The lowest BCUT2D eigenvalue weighted by Gasteiger charge is -2.10. The molecule has 0 saturated carbocycles. The SMILES string of the molecule is CCCCOc1ccc2c(C)c(OC=O)ccc2c1. The highest BCUT2D eigenvalue weighted by atomic mass is 16.5. The van der Waals surface area contributed by atoms with Crippen molar-refractivity contribution < 1.29 is 14.3 Å². The van der Waals surface area contributed by atoms with Crippen LogP contribution in [0.3, 0.4) is 0 Å². The van der Waals surface area contributed by atoms with Gasteiger partial charge in [0, 0.05) is 0 Å². The third-order valence-corrected chi connectivity index (χ3v) is 3.15. The van der Waals surface area contributed by atoms with Crippen LogP contribution in [0.5, 0.6) is 11.5 Å². The molecule has 0 atom stereocenters. The molecule has 0 aliphatic heterocycles. The van der Waals surface area contributed by atoms with Crippen molar-refractivity contribution in [2.24, 2.45) is 0 Å². The fraction of sp³-hybridized carbons (Fsp3) is 0.312. The Labute approximate surface area is 113 Å². The number of carbonyl (C=O) groups is 1. The van der Waals surface area contributed by atoms with Crippen molar-refractivity contribution in [3.05, 3.63) is 35.9 Å². The Morgan fingerprint density at radius 2 is 2.05 bits per heavy atom. The van der Waals surface area contributed by atoms with Gasteiger partial charge in [-0.1, -0.05) is 25.5 Å². The van der Waals surface area contributed by atoms with E-state index in [0.717, 1.165) is 41.5 Å². The molecule has 0 aliphatic carbocycles. The van der Waals surface area contributed by atoms with Crippen LogP contribution >= 0.6 is 0 Å². The molecule has 2 aromatic rings. The second kappa shape index (κ2) is 6.23. The van der Waals surface area contributed by atoms with E-state index in [2.05, 4.69) is 6.92 Å². The zero-order valence-electron chi connectivity index (χ0n) is 11.3. The van der Waals surface area contributed by atoms with E-state index < -0.39 is 0 Å². The van der Waals surface area contributed by atoms with E-state index in [-0.39, 0.29) is 0 Å². The van der Waals surface area contributed by atoms with Crippen molar-refractivity contribution in [1.82, 2.24) is 0 Å². The molecule has 0 unspecified atom stereocenters. The van der Waals surface area contributed by atoms with Gasteiger partial charge in [-0.25, -0.2) is 0 Å². The van der Waals surface area contributed by atoms with Crippen LogP contribution in [0.15, 0.2) is 30.3 Å². The highest BCUT2D eigenvalue weighted by molar-refractivity contribution is 5.89. The fourth-order valence-electron chi connectivity index (χ4n) is 2.05. The van der Waals surface area contributed by atoms with Gasteiger partial charge in [0.05, 0.1) is 6.61 Å². The number of hydrogen-bond acceptors (Lipinski definition) is 3. The van der Waals surface area contributed by atoms with E-state index in [1.54, 1.807) is 0 Å². The summed E-state index contributed by atoms with van der Waals surface area (Å²) in [6.07, 6.45) is 2.18. The summed E-state index contributed by atoms with van der Waals surface area (Å²) in [6.45, 7) is 5.28. The standard InChI is InChI=1S/C16H18O3/c1-3-4-9-18-14-6-7-15-12(2)16(19-11-17)8-5-13(15)10-14/h5-8,10-11H,3-4,9H2,1-2H3. The summed E-state index contributed by atoms with van der Waals surface area (Å²) in [5.74, 6) is 1.48. The summed E-state index contributed by atoms with van der Waals surface area (Å²) in [5.41, 5.74) is 0.963. The van der Waals surface area contributed by atoms with Gasteiger partial charge in [-0.15, -0.1) is 0 Å². The zero-order chi connectivity index (χ0) is 13.7. The third-order valence-electron chi connectivity index (χ3n) is 3.15. The molecule has 2 aromatic carbocycles. The first-order valence-corrected chi connectivity index (χ1v) is 6.52. The molecule has 3 nitrogen and oxygen atoms in total. The van der Waals surface area contributed by atoms with Crippen LogP contribution in [0.1, 0.15) is 25.3 Å². The van der Waals surface area contributed by atoms with E-state index in [9.17, 15) is 4.79 Å². The molecule has 0 heterocycles. The van der Waals surface area contributed by atoms with E-state index >= 15 is 0 Å². The van der Waals surface area contributed by atoms with Crippen LogP contribution < -0.4 is 9.47 Å². The molecule has 0 bridgehead atoms. The number of carbonyl (C=O) groups excluding carboxylic acids is 1. The summed E-state index contributed by atoms with van der Waals surface area (Å²) in [7, 11) is 0. The van der Waals surface area contributed by atoms with Crippen molar-refractivity contribution in [3.8, 4) is 11.5 Å². The Morgan fingerprint density at radius 1 is 1.21 bits per heavy atom. The van der Waals surface area contributed by atoms with Gasteiger partial charge < -0.3 is 9.47 Å². The minimum absolute atomic E-state index is 0.455. The normalized spacial score (nSPS) is 10.4. The van der Waals surface area contributed by atoms with Gasteiger partial charge >= 0.3 is 0 Å². The Balaban J connectivity index is 2.29. The molecule has 0 amide bonds. The minimum atomic E-state index is 0.455. The van der Waals surface area contributed by atoms with Crippen LogP contribution in [0.4, 0.5) is 0 Å². The van der Waals surface area contributed by atoms with Crippen molar-refractivity contribution in [2.45, 2.75) is 26.7 Å². The lowest BCUT2D eigenvalue weighted by Crippen LogP contribution is -1.96. The molecule has 100 valence electrons. The number of unbranched alkanes of at least 4 members (excludes halogenated alkanes) is 1. The first-order valence-electron chi connectivity index (χ1n) is 6.52. The molecule has 0 fully saturated rings. The fourth-order valence-corrected chi connectivity index (χ4v) is 2.05. The molecular formula is C16H18O3. The molecular weight excluding hydrogens is 240 g/mol. The summed E-state index contributed by atoms with van der Waals surface area (Å²) in [5, 5.41) is 2.16. The number of fused-ring (bicyclic) bond motifs is 1. The Bertz CT molecular complexity index is 575. The highest BCUT2D eigenvalue weighted by Crippen LogP contribution is 2.29. The van der Waals surface area contributed by atoms with Crippen LogP contribution in [-0.2, 0) is 4.79 Å². The van der Waals surface area contributed by atoms with Gasteiger partial charge in [0.15, 0.2) is 0 Å². The summed E-state index contributed by atoms with van der Waals surface area (Å²) in [6, 6.07) is 9.72. The maximum Gasteiger partial charge on any atom is 0.298 e. The van der Waals surface area contributed by atoms with Gasteiger partial charge in [0.2, 0.25) is 0 Å². The van der Waals surface area contributed by atoms with E-state index in [1.165, 1.54) is 0 Å². The lowest BCUT2D eigenvalue weighted by atomic mass is 10.0. The molecule has 2 rings (SSSR count). The molecule has 3 heteroatoms. The van der Waals surface area contributed by atoms with Gasteiger partial charge in [-0.05, 0) is 47.9 Å². The van der Waals surface area contributed by atoms with E-state index in [0.29, 0.717) is 12.2 Å². The number of rotatable bonds is 6. The van der Waals surface area contributed by atoms with Gasteiger partial charge in [0.25, 0.3) is 6.47 Å². The van der Waals surface area contributed by atoms with Gasteiger partial charge in [-0.3, -0.25) is 4.79 Å². The molecule has 0 saturated heterocycles. The average molecular weight is 258 g/mol. The van der Waals surface area contributed by atoms with E-state index in [4.69, 9.17) is 9.47 Å². The summed E-state index contributed by atoms with van der Waals surface area (Å²) in [4.78, 5) is 10.4. The van der Waals surface area contributed by atoms with Gasteiger partial charge in [-0.2, -0.15) is 0 Å². The number of ether oxygens (including phenoxy) is 2. The second-order valence-corrected chi connectivity index (χ2v) is 4.49. The molecule has 0 N–H and O–H groups in total. The zero-order valence-corrected chi connectivity index (χ0v) is 11.3. The quantitative estimate of drug-likeness (QED) is 0.583. The maximum atomic E-state index is 10.4. The number of benzene rings is 2. The molecule has 0 aromatic heterocycles.